The van der Waals surface area contributed by atoms with Gasteiger partial charge in [0, 0.05) is 12.1 Å². The zero-order valence-corrected chi connectivity index (χ0v) is 15.0. The number of ether oxygens (including phenoxy) is 1. The normalized spacial score (nSPS) is 15.7. The minimum Gasteiger partial charge on any atom is -0.482 e. The summed E-state index contributed by atoms with van der Waals surface area (Å²) in [6.07, 6.45) is 4.89. The fraction of sp³-hybridized carbons (Fsp3) is 0.526. The summed E-state index contributed by atoms with van der Waals surface area (Å²) in [5, 5.41) is 14.5. The molecule has 0 spiro atoms. The van der Waals surface area contributed by atoms with Crippen LogP contribution in [0.3, 0.4) is 0 Å². The zero-order valence-electron chi connectivity index (χ0n) is 15.0. The number of hydrogen-bond acceptors (Lipinski definition) is 4. The highest BCUT2D eigenvalue weighted by Gasteiger charge is 2.40. The molecule has 2 rings (SSSR count). The molecule has 0 saturated heterocycles. The maximum atomic E-state index is 12.7. The van der Waals surface area contributed by atoms with Crippen LogP contribution in [0.4, 0.5) is 0 Å². The Morgan fingerprint density at radius 3 is 2.58 bits per heavy atom. The molecular weight excluding hydrogens is 336 g/mol. The van der Waals surface area contributed by atoms with Gasteiger partial charge in [0.15, 0.2) is 6.61 Å². The first-order valence-electron chi connectivity index (χ1n) is 9.02. The highest BCUT2D eigenvalue weighted by molar-refractivity contribution is 5.99. The van der Waals surface area contributed by atoms with E-state index in [1.54, 1.807) is 18.2 Å². The van der Waals surface area contributed by atoms with Gasteiger partial charge < -0.3 is 20.5 Å². The van der Waals surface area contributed by atoms with Crippen molar-refractivity contribution in [3.63, 3.8) is 0 Å². The van der Waals surface area contributed by atoms with Crippen molar-refractivity contribution in [3.8, 4) is 5.75 Å². The van der Waals surface area contributed by atoms with E-state index < -0.39 is 18.1 Å². The Labute approximate surface area is 153 Å². The number of carbonyl (C=O) groups is 3. The molecule has 1 aliphatic rings. The largest absolute Gasteiger partial charge is 0.482 e. The number of carboxylic acid groups (broad SMARTS) is 1. The standard InChI is InChI=1S/C19H26N2O5/c1-2-11-20-18(25)19(9-4-3-5-10-19)21-17(24)14-7-6-8-15(12-14)26-13-16(22)23/h6-8,12H,2-5,9-11,13H2,1H3,(H,20,25)(H,21,24)(H,22,23). The molecular formula is C19H26N2O5. The first kappa shape index (κ1) is 19.8. The van der Waals surface area contributed by atoms with Crippen LogP contribution in [0.25, 0.3) is 0 Å². The third-order valence-electron chi connectivity index (χ3n) is 4.49. The summed E-state index contributed by atoms with van der Waals surface area (Å²) in [5.74, 6) is -1.29. The lowest BCUT2D eigenvalue weighted by atomic mass is 9.80. The third-order valence-corrected chi connectivity index (χ3v) is 4.49. The van der Waals surface area contributed by atoms with E-state index in [1.165, 1.54) is 6.07 Å². The predicted molar refractivity (Wildman–Crippen MR) is 96.2 cm³/mol. The van der Waals surface area contributed by atoms with Gasteiger partial charge in [-0.1, -0.05) is 32.3 Å². The van der Waals surface area contributed by atoms with Gasteiger partial charge in [0.2, 0.25) is 5.91 Å². The van der Waals surface area contributed by atoms with Gasteiger partial charge in [-0.3, -0.25) is 9.59 Å². The molecule has 1 fully saturated rings. The van der Waals surface area contributed by atoms with Gasteiger partial charge in [0.1, 0.15) is 11.3 Å². The first-order valence-corrected chi connectivity index (χ1v) is 9.02. The molecule has 0 aromatic heterocycles. The van der Waals surface area contributed by atoms with E-state index in [-0.39, 0.29) is 11.8 Å². The van der Waals surface area contributed by atoms with Gasteiger partial charge in [0.25, 0.3) is 5.91 Å². The van der Waals surface area contributed by atoms with E-state index >= 15 is 0 Å². The van der Waals surface area contributed by atoms with Gasteiger partial charge in [-0.25, -0.2) is 4.79 Å². The molecule has 2 amide bonds. The minimum absolute atomic E-state index is 0.134. The second kappa shape index (κ2) is 9.22. The molecule has 7 heteroatoms. The number of benzene rings is 1. The van der Waals surface area contributed by atoms with Gasteiger partial charge in [-0.05, 0) is 37.5 Å². The third kappa shape index (κ3) is 5.21. The molecule has 0 bridgehead atoms. The van der Waals surface area contributed by atoms with Gasteiger partial charge in [-0.2, -0.15) is 0 Å². The summed E-state index contributed by atoms with van der Waals surface area (Å²) in [4.78, 5) is 36.0. The van der Waals surface area contributed by atoms with E-state index in [0.29, 0.717) is 30.7 Å². The van der Waals surface area contributed by atoms with E-state index in [2.05, 4.69) is 10.6 Å². The molecule has 0 unspecified atom stereocenters. The number of rotatable bonds is 8. The fourth-order valence-corrected chi connectivity index (χ4v) is 3.13. The van der Waals surface area contributed by atoms with Crippen molar-refractivity contribution >= 4 is 17.8 Å². The summed E-state index contributed by atoms with van der Waals surface area (Å²) >= 11 is 0. The molecule has 0 radical (unpaired) electrons. The van der Waals surface area contributed by atoms with Crippen molar-refractivity contribution in [2.45, 2.75) is 51.0 Å². The van der Waals surface area contributed by atoms with Crippen LogP contribution >= 0.6 is 0 Å². The highest BCUT2D eigenvalue weighted by Crippen LogP contribution is 2.29. The molecule has 1 aromatic rings. The number of amides is 2. The predicted octanol–water partition coefficient (Wildman–Crippen LogP) is 2.11. The molecule has 1 aliphatic carbocycles. The van der Waals surface area contributed by atoms with Crippen molar-refractivity contribution in [1.82, 2.24) is 10.6 Å². The van der Waals surface area contributed by atoms with Gasteiger partial charge in [0.05, 0.1) is 0 Å². The number of carboxylic acids is 1. The Hall–Kier alpha value is -2.57. The van der Waals surface area contributed by atoms with Crippen LogP contribution in [0, 0.1) is 0 Å². The summed E-state index contributed by atoms with van der Waals surface area (Å²) in [6.45, 7) is 2.08. The van der Waals surface area contributed by atoms with Gasteiger partial charge >= 0.3 is 5.97 Å². The van der Waals surface area contributed by atoms with E-state index in [0.717, 1.165) is 25.7 Å². The van der Waals surface area contributed by atoms with Crippen LogP contribution in [0.1, 0.15) is 55.8 Å². The maximum Gasteiger partial charge on any atom is 0.341 e. The molecule has 1 aromatic carbocycles. The molecule has 0 atom stereocenters. The number of aliphatic carboxylic acids is 1. The van der Waals surface area contributed by atoms with Crippen molar-refractivity contribution in [1.29, 1.82) is 0 Å². The fourth-order valence-electron chi connectivity index (χ4n) is 3.13. The molecule has 142 valence electrons. The summed E-state index contributed by atoms with van der Waals surface area (Å²) in [6, 6.07) is 6.31. The smallest absolute Gasteiger partial charge is 0.341 e. The van der Waals surface area contributed by atoms with Crippen LogP contribution in [-0.4, -0.2) is 41.6 Å². The Bertz CT molecular complexity index is 653. The molecule has 26 heavy (non-hydrogen) atoms. The Balaban J connectivity index is 2.12. The second-order valence-corrected chi connectivity index (χ2v) is 6.56. The minimum atomic E-state index is -1.09. The first-order chi connectivity index (χ1) is 12.5. The molecule has 0 heterocycles. The van der Waals surface area contributed by atoms with E-state index in [9.17, 15) is 14.4 Å². The Morgan fingerprint density at radius 2 is 1.92 bits per heavy atom. The summed E-state index contributed by atoms with van der Waals surface area (Å²) in [5.41, 5.74) is -0.552. The Morgan fingerprint density at radius 1 is 1.19 bits per heavy atom. The average Bonchev–Trinajstić information content (AvgIpc) is 2.65. The molecule has 1 saturated carbocycles. The molecule has 7 nitrogen and oxygen atoms in total. The van der Waals surface area contributed by atoms with Gasteiger partial charge in [-0.15, -0.1) is 0 Å². The van der Waals surface area contributed by atoms with E-state index in [1.807, 2.05) is 6.92 Å². The van der Waals surface area contributed by atoms with Crippen molar-refractivity contribution in [2.24, 2.45) is 0 Å². The van der Waals surface area contributed by atoms with Crippen LogP contribution in [-0.2, 0) is 9.59 Å². The Kier molecular flexibility index (Phi) is 7.00. The lowest BCUT2D eigenvalue weighted by molar-refractivity contribution is -0.139. The summed E-state index contributed by atoms with van der Waals surface area (Å²) < 4.78 is 5.12. The number of nitrogens with one attached hydrogen (secondary N) is 2. The van der Waals surface area contributed by atoms with Crippen molar-refractivity contribution < 1.29 is 24.2 Å². The number of carbonyl (C=O) groups excluding carboxylic acids is 2. The van der Waals surface area contributed by atoms with Crippen LogP contribution < -0.4 is 15.4 Å². The molecule has 3 N–H and O–H groups in total. The van der Waals surface area contributed by atoms with Crippen LogP contribution in [0.15, 0.2) is 24.3 Å². The van der Waals surface area contributed by atoms with E-state index in [4.69, 9.17) is 9.84 Å². The average molecular weight is 362 g/mol. The topological polar surface area (TPSA) is 105 Å². The quantitative estimate of drug-likeness (QED) is 0.657. The lowest BCUT2D eigenvalue weighted by Gasteiger charge is -2.36. The SMILES string of the molecule is CCCNC(=O)C1(NC(=O)c2cccc(OCC(=O)O)c2)CCCCC1. The number of hydrogen-bond donors (Lipinski definition) is 3. The second-order valence-electron chi connectivity index (χ2n) is 6.56. The maximum absolute atomic E-state index is 12.7. The summed E-state index contributed by atoms with van der Waals surface area (Å²) in [7, 11) is 0. The lowest BCUT2D eigenvalue weighted by Crippen LogP contribution is -2.59. The van der Waals surface area contributed by atoms with Crippen LogP contribution in [0.2, 0.25) is 0 Å². The van der Waals surface area contributed by atoms with Crippen LogP contribution in [0.5, 0.6) is 5.75 Å². The van der Waals surface area contributed by atoms with Crippen molar-refractivity contribution in [3.05, 3.63) is 29.8 Å². The van der Waals surface area contributed by atoms with Crippen molar-refractivity contribution in [2.75, 3.05) is 13.2 Å². The highest BCUT2D eigenvalue weighted by atomic mass is 16.5. The zero-order chi connectivity index (χ0) is 19.0. The molecule has 0 aliphatic heterocycles. The monoisotopic (exact) mass is 362 g/mol.